The SMILES string of the molecule is Cc1ncsc1-c1ccc(CNC(=O)[C@@H]2C[C@@H](O)CN2C(=O)C(C(C)C)N2Cc3cc(I)ccc3C2=O)cc1. The summed E-state index contributed by atoms with van der Waals surface area (Å²) in [6.07, 6.45) is -0.634. The lowest BCUT2D eigenvalue weighted by molar-refractivity contribution is -0.143. The van der Waals surface area contributed by atoms with Crippen LogP contribution in [0.4, 0.5) is 0 Å². The van der Waals surface area contributed by atoms with Crippen LogP contribution in [0.3, 0.4) is 0 Å². The van der Waals surface area contributed by atoms with Crippen molar-refractivity contribution in [2.24, 2.45) is 5.92 Å². The second kappa shape index (κ2) is 11.3. The third-order valence-corrected chi connectivity index (χ3v) is 9.06. The molecule has 0 aliphatic carbocycles. The van der Waals surface area contributed by atoms with Gasteiger partial charge in [0.2, 0.25) is 11.8 Å². The molecule has 1 unspecified atom stereocenters. The first kappa shape index (κ1) is 27.7. The second-order valence-electron chi connectivity index (χ2n) is 10.5. The van der Waals surface area contributed by atoms with Gasteiger partial charge in [0.25, 0.3) is 5.91 Å². The summed E-state index contributed by atoms with van der Waals surface area (Å²) in [5.41, 5.74) is 6.33. The van der Waals surface area contributed by atoms with E-state index in [0.29, 0.717) is 18.7 Å². The molecule has 1 aromatic heterocycles. The molecule has 10 heteroatoms. The van der Waals surface area contributed by atoms with Crippen molar-refractivity contribution in [1.82, 2.24) is 20.1 Å². The van der Waals surface area contributed by atoms with Crippen LogP contribution >= 0.6 is 33.9 Å². The maximum Gasteiger partial charge on any atom is 0.255 e. The number of thiazole rings is 1. The summed E-state index contributed by atoms with van der Waals surface area (Å²) >= 11 is 3.80. The minimum absolute atomic E-state index is 0.0654. The number of aryl methyl sites for hydroxylation is 1. The molecule has 3 atom stereocenters. The van der Waals surface area contributed by atoms with Crippen LogP contribution in [0.5, 0.6) is 0 Å². The van der Waals surface area contributed by atoms with Gasteiger partial charge in [-0.25, -0.2) is 4.98 Å². The number of carbonyl (C=O) groups is 3. The second-order valence-corrected chi connectivity index (χ2v) is 12.6. The highest BCUT2D eigenvalue weighted by atomic mass is 127. The number of amides is 3. The van der Waals surface area contributed by atoms with Gasteiger partial charge in [-0.2, -0.15) is 0 Å². The first-order valence-corrected chi connectivity index (χ1v) is 14.9. The van der Waals surface area contributed by atoms with Gasteiger partial charge in [-0.05, 0) is 70.3 Å². The van der Waals surface area contributed by atoms with Gasteiger partial charge >= 0.3 is 0 Å². The van der Waals surface area contributed by atoms with Crippen LogP contribution in [-0.4, -0.2) is 62.3 Å². The first-order chi connectivity index (χ1) is 18.6. The summed E-state index contributed by atoms with van der Waals surface area (Å²) in [5, 5.41) is 13.4. The van der Waals surface area contributed by atoms with Crippen LogP contribution in [0.2, 0.25) is 0 Å². The zero-order chi connectivity index (χ0) is 27.8. The molecule has 8 nitrogen and oxygen atoms in total. The molecular weight excluding hydrogens is 627 g/mol. The molecule has 2 aromatic carbocycles. The summed E-state index contributed by atoms with van der Waals surface area (Å²) < 4.78 is 1.03. The number of aromatic nitrogens is 1. The van der Waals surface area contributed by atoms with Gasteiger partial charge in [0.15, 0.2) is 0 Å². The topological polar surface area (TPSA) is 103 Å². The van der Waals surface area contributed by atoms with Crippen molar-refractivity contribution in [3.8, 4) is 10.4 Å². The molecule has 3 amide bonds. The Kier molecular flexibility index (Phi) is 8.06. The van der Waals surface area contributed by atoms with Gasteiger partial charge in [-0.3, -0.25) is 14.4 Å². The molecule has 0 saturated carbocycles. The molecule has 1 fully saturated rings. The summed E-state index contributed by atoms with van der Waals surface area (Å²) in [4.78, 5) is 48.9. The number of likely N-dealkylation sites (tertiary alicyclic amines) is 1. The molecule has 1 saturated heterocycles. The molecule has 2 N–H and O–H groups in total. The average Bonchev–Trinajstić information content (AvgIpc) is 3.59. The number of hydrogen-bond donors (Lipinski definition) is 2. The van der Waals surface area contributed by atoms with E-state index in [2.05, 4.69) is 32.9 Å². The predicted octanol–water partition coefficient (Wildman–Crippen LogP) is 3.98. The van der Waals surface area contributed by atoms with Crippen LogP contribution in [0, 0.1) is 16.4 Å². The molecule has 39 heavy (non-hydrogen) atoms. The van der Waals surface area contributed by atoms with Crippen molar-refractivity contribution >= 4 is 51.6 Å². The fourth-order valence-corrected chi connectivity index (χ4v) is 6.82. The molecule has 204 valence electrons. The van der Waals surface area contributed by atoms with Crippen LogP contribution in [-0.2, 0) is 22.7 Å². The predicted molar refractivity (Wildman–Crippen MR) is 158 cm³/mol. The number of fused-ring (bicyclic) bond motifs is 1. The Balaban J connectivity index is 1.28. The Morgan fingerprint density at radius 1 is 1.21 bits per heavy atom. The Morgan fingerprint density at radius 2 is 1.95 bits per heavy atom. The summed E-state index contributed by atoms with van der Waals surface area (Å²) in [6, 6.07) is 12.1. The van der Waals surface area contributed by atoms with Gasteiger partial charge in [0.1, 0.15) is 12.1 Å². The molecule has 2 aliphatic heterocycles. The summed E-state index contributed by atoms with van der Waals surface area (Å²) in [7, 11) is 0. The molecule has 0 bridgehead atoms. The van der Waals surface area contributed by atoms with E-state index < -0.39 is 18.2 Å². The van der Waals surface area contributed by atoms with Crippen molar-refractivity contribution in [1.29, 1.82) is 0 Å². The zero-order valence-electron chi connectivity index (χ0n) is 22.1. The highest BCUT2D eigenvalue weighted by molar-refractivity contribution is 14.1. The van der Waals surface area contributed by atoms with Crippen molar-refractivity contribution in [3.05, 3.63) is 73.9 Å². The Hall–Kier alpha value is -2.83. The van der Waals surface area contributed by atoms with E-state index in [9.17, 15) is 19.5 Å². The molecule has 3 aromatic rings. The third-order valence-electron chi connectivity index (χ3n) is 7.41. The molecule has 0 spiro atoms. The smallest absolute Gasteiger partial charge is 0.255 e. The number of nitrogens with one attached hydrogen (secondary N) is 1. The van der Waals surface area contributed by atoms with Crippen molar-refractivity contribution < 1.29 is 19.5 Å². The molecule has 0 radical (unpaired) electrons. The van der Waals surface area contributed by atoms with Gasteiger partial charge in [0, 0.05) is 35.2 Å². The quantitative estimate of drug-likeness (QED) is 0.374. The van der Waals surface area contributed by atoms with Crippen LogP contribution in [0.15, 0.2) is 48.0 Å². The fraction of sp³-hybridized carbons (Fsp3) is 0.379. The molecule has 5 rings (SSSR count). The van der Waals surface area contributed by atoms with E-state index in [1.807, 2.05) is 68.7 Å². The van der Waals surface area contributed by atoms with E-state index in [0.717, 1.165) is 30.8 Å². The number of nitrogens with zero attached hydrogens (tertiary/aromatic N) is 3. The number of halogens is 1. The van der Waals surface area contributed by atoms with Gasteiger partial charge in [0.05, 0.1) is 22.2 Å². The molecule has 3 heterocycles. The lowest BCUT2D eigenvalue weighted by Gasteiger charge is -2.35. The zero-order valence-corrected chi connectivity index (χ0v) is 25.0. The molecular formula is C29H31IN4O4S. The van der Waals surface area contributed by atoms with E-state index in [1.54, 1.807) is 16.2 Å². The number of β-amino-alcohol motifs (C(OH)–C–C–N with tert-alkyl or cyclic N) is 1. The number of aliphatic hydroxyl groups excluding tert-OH is 1. The first-order valence-electron chi connectivity index (χ1n) is 13.0. The lowest BCUT2D eigenvalue weighted by Crippen LogP contribution is -2.55. The average molecular weight is 659 g/mol. The van der Waals surface area contributed by atoms with Gasteiger partial charge in [-0.15, -0.1) is 11.3 Å². The number of carbonyl (C=O) groups excluding carboxylic acids is 3. The van der Waals surface area contributed by atoms with E-state index >= 15 is 0 Å². The monoisotopic (exact) mass is 658 g/mol. The van der Waals surface area contributed by atoms with Crippen LogP contribution < -0.4 is 5.32 Å². The summed E-state index contributed by atoms with van der Waals surface area (Å²) in [5.74, 6) is -0.958. The number of rotatable bonds is 7. The maximum absolute atomic E-state index is 13.9. The normalized spacial score (nSPS) is 19.5. The fourth-order valence-electron chi connectivity index (χ4n) is 5.45. The Bertz CT molecular complexity index is 1410. The number of benzene rings is 2. The molecule has 2 aliphatic rings. The largest absolute Gasteiger partial charge is 0.391 e. The van der Waals surface area contributed by atoms with Gasteiger partial charge in [-0.1, -0.05) is 38.1 Å². The lowest BCUT2D eigenvalue weighted by atomic mass is 10.0. The highest BCUT2D eigenvalue weighted by Crippen LogP contribution is 2.31. The number of aliphatic hydroxyl groups is 1. The highest BCUT2D eigenvalue weighted by Gasteiger charge is 2.45. The Labute approximate surface area is 245 Å². The number of hydrogen-bond acceptors (Lipinski definition) is 6. The van der Waals surface area contributed by atoms with Crippen molar-refractivity contribution in [2.45, 2.75) is 58.5 Å². The van der Waals surface area contributed by atoms with Crippen molar-refractivity contribution in [2.75, 3.05) is 6.54 Å². The van der Waals surface area contributed by atoms with E-state index in [1.165, 1.54) is 4.90 Å². The van der Waals surface area contributed by atoms with Crippen LogP contribution in [0.1, 0.15) is 47.4 Å². The Morgan fingerprint density at radius 3 is 2.62 bits per heavy atom. The summed E-state index contributed by atoms with van der Waals surface area (Å²) in [6.45, 7) is 6.51. The minimum Gasteiger partial charge on any atom is -0.391 e. The maximum atomic E-state index is 13.9. The van der Waals surface area contributed by atoms with Crippen molar-refractivity contribution in [3.63, 3.8) is 0 Å². The standard InChI is InChI=1S/C29H31IN4O4S/c1-16(2)25(34-13-20-10-21(30)8-9-23(20)28(34)37)29(38)33-14-22(35)11-24(33)27(36)31-12-18-4-6-19(7-5-18)26-17(3)32-15-39-26/h4-10,15-16,22,24-25,35H,11-14H2,1-3H3,(H,31,36)/t22-,24+,25?/m1/s1. The van der Waals surface area contributed by atoms with E-state index in [-0.39, 0.29) is 36.6 Å². The van der Waals surface area contributed by atoms with E-state index in [4.69, 9.17) is 0 Å². The van der Waals surface area contributed by atoms with Gasteiger partial charge < -0.3 is 20.2 Å². The minimum atomic E-state index is -0.799. The third kappa shape index (κ3) is 5.59. The van der Waals surface area contributed by atoms with Crippen LogP contribution in [0.25, 0.3) is 10.4 Å².